The highest BCUT2D eigenvalue weighted by atomic mass is 32.2. The van der Waals surface area contributed by atoms with Crippen molar-refractivity contribution >= 4 is 20.1 Å². The number of aliphatic hydroxyl groups excluding tert-OH is 1. The predicted molar refractivity (Wildman–Crippen MR) is 171 cm³/mol. The van der Waals surface area contributed by atoms with Crippen LogP contribution >= 0.6 is 11.8 Å². The van der Waals surface area contributed by atoms with Gasteiger partial charge in [0.1, 0.15) is 11.9 Å². The lowest BCUT2D eigenvalue weighted by Crippen LogP contribution is -2.44. The first-order chi connectivity index (χ1) is 19.9. The molecule has 3 aromatic carbocycles. The quantitative estimate of drug-likeness (QED) is 0.176. The van der Waals surface area contributed by atoms with Gasteiger partial charge in [-0.1, -0.05) is 68.9 Å². The Morgan fingerprint density at radius 3 is 2.12 bits per heavy atom. The fourth-order valence-electron chi connectivity index (χ4n) is 4.37. The van der Waals surface area contributed by atoms with Gasteiger partial charge in [-0.2, -0.15) is 0 Å². The van der Waals surface area contributed by atoms with Crippen LogP contribution in [0.3, 0.4) is 0 Å². The van der Waals surface area contributed by atoms with Gasteiger partial charge in [-0.15, -0.1) is 0 Å². The highest BCUT2D eigenvalue weighted by Crippen LogP contribution is 2.46. The Hall–Kier alpha value is -3.40. The van der Waals surface area contributed by atoms with Crippen molar-refractivity contribution in [2.24, 2.45) is 7.05 Å². The normalized spacial score (nSPS) is 12.6. The number of aromatic nitrogens is 2. The Bertz CT molecular complexity index is 1500. The molecule has 0 spiro atoms. The van der Waals surface area contributed by atoms with E-state index in [1.807, 2.05) is 61.6 Å². The minimum absolute atomic E-state index is 0.0277. The number of aliphatic hydroxyl groups is 1. The summed E-state index contributed by atoms with van der Waals surface area (Å²) < 4.78 is 25.8. The van der Waals surface area contributed by atoms with E-state index in [-0.39, 0.29) is 5.04 Å². The summed E-state index contributed by atoms with van der Waals surface area (Å²) >= 11 is 1.56. The maximum absolute atomic E-state index is 11.7. The van der Waals surface area contributed by atoms with Crippen LogP contribution in [0.25, 0.3) is 0 Å². The van der Waals surface area contributed by atoms with Crippen molar-refractivity contribution in [3.05, 3.63) is 89.2 Å². The second-order valence-corrected chi connectivity index (χ2v) is 17.5. The van der Waals surface area contributed by atoms with Gasteiger partial charge < -0.3 is 28.3 Å². The first-order valence-corrected chi connectivity index (χ1v) is 17.7. The fraction of sp³-hybridized carbons (Fsp3) is 0.364. The van der Waals surface area contributed by atoms with E-state index < -0.39 is 14.4 Å². The molecule has 0 radical (unpaired) electrons. The Morgan fingerprint density at radius 2 is 1.55 bits per heavy atom. The maximum Gasteiger partial charge on any atom is 0.250 e. The van der Waals surface area contributed by atoms with Gasteiger partial charge in [-0.25, -0.2) is 4.98 Å². The minimum atomic E-state index is -2.26. The molecule has 0 bridgehead atoms. The Morgan fingerprint density at radius 1 is 0.881 bits per heavy atom. The van der Waals surface area contributed by atoms with Crippen molar-refractivity contribution in [3.63, 3.8) is 0 Å². The van der Waals surface area contributed by atoms with Crippen LogP contribution in [0.5, 0.6) is 23.0 Å². The molecule has 0 fully saturated rings. The third-order valence-corrected chi connectivity index (χ3v) is 13.3. The van der Waals surface area contributed by atoms with Crippen LogP contribution in [0, 0.1) is 0 Å². The van der Waals surface area contributed by atoms with E-state index in [9.17, 15) is 5.11 Å². The number of ether oxygens (including phenoxy) is 3. The third-order valence-electron chi connectivity index (χ3n) is 7.95. The van der Waals surface area contributed by atoms with Gasteiger partial charge in [0.25, 0.3) is 8.32 Å². The molecule has 4 aromatic rings. The maximum atomic E-state index is 11.7. The number of imidazole rings is 1. The van der Waals surface area contributed by atoms with Crippen LogP contribution in [0.1, 0.15) is 49.4 Å². The van der Waals surface area contributed by atoms with Crippen LogP contribution in [0.2, 0.25) is 18.1 Å². The van der Waals surface area contributed by atoms with Gasteiger partial charge in [0.2, 0.25) is 5.75 Å². The van der Waals surface area contributed by atoms with Crippen LogP contribution < -0.4 is 18.6 Å². The SMILES string of the molecule is COc1ccc(C(O)c2nc(Sc3ccccc3)n(C)c2Cc2ccc(OC)c(OC)c2O[Si](C)(C)C(C)(C)C)cc1. The molecule has 1 unspecified atom stereocenters. The summed E-state index contributed by atoms with van der Waals surface area (Å²) in [6.07, 6.45) is -0.474. The van der Waals surface area contributed by atoms with E-state index >= 15 is 0 Å². The van der Waals surface area contributed by atoms with Crippen molar-refractivity contribution in [1.29, 1.82) is 0 Å². The molecule has 42 heavy (non-hydrogen) atoms. The lowest BCUT2D eigenvalue weighted by molar-refractivity contribution is 0.214. The highest BCUT2D eigenvalue weighted by Gasteiger charge is 2.40. The van der Waals surface area contributed by atoms with E-state index in [0.29, 0.717) is 29.4 Å². The Labute approximate surface area is 254 Å². The summed E-state index contributed by atoms with van der Waals surface area (Å²) in [6, 6.07) is 21.5. The lowest BCUT2D eigenvalue weighted by Gasteiger charge is -2.37. The lowest BCUT2D eigenvalue weighted by atomic mass is 10.0. The van der Waals surface area contributed by atoms with Crippen molar-refractivity contribution in [1.82, 2.24) is 9.55 Å². The number of rotatable bonds is 11. The van der Waals surface area contributed by atoms with Gasteiger partial charge >= 0.3 is 0 Å². The summed E-state index contributed by atoms with van der Waals surface area (Å²) in [7, 11) is 4.63. The number of hydrogen-bond donors (Lipinski definition) is 1. The molecule has 9 heteroatoms. The summed E-state index contributed by atoms with van der Waals surface area (Å²) in [5.74, 6) is 2.58. The molecule has 1 aromatic heterocycles. The number of nitrogens with zero attached hydrogens (tertiary/aromatic N) is 2. The molecule has 1 atom stereocenters. The number of methoxy groups -OCH3 is 3. The molecule has 0 amide bonds. The fourth-order valence-corrected chi connectivity index (χ4v) is 6.30. The monoisotopic (exact) mass is 606 g/mol. The highest BCUT2D eigenvalue weighted by molar-refractivity contribution is 7.99. The summed E-state index contributed by atoms with van der Waals surface area (Å²) in [5.41, 5.74) is 3.13. The first kappa shape index (κ1) is 31.5. The molecule has 1 N–H and O–H groups in total. The third kappa shape index (κ3) is 6.64. The number of hydrogen-bond acceptors (Lipinski definition) is 7. The Balaban J connectivity index is 1.86. The van der Waals surface area contributed by atoms with Gasteiger partial charge in [-0.3, -0.25) is 0 Å². The molecule has 7 nitrogen and oxygen atoms in total. The van der Waals surface area contributed by atoms with E-state index in [4.69, 9.17) is 23.6 Å². The van der Waals surface area contributed by atoms with Gasteiger partial charge in [0.15, 0.2) is 16.7 Å². The summed E-state index contributed by atoms with van der Waals surface area (Å²) in [4.78, 5) is 6.06. The van der Waals surface area contributed by atoms with Gasteiger partial charge in [0, 0.05) is 29.6 Å². The zero-order valence-electron chi connectivity index (χ0n) is 26.0. The second kappa shape index (κ2) is 12.9. The topological polar surface area (TPSA) is 75.0 Å². The average molecular weight is 607 g/mol. The van der Waals surface area contributed by atoms with Crippen molar-refractivity contribution in [3.8, 4) is 23.0 Å². The molecule has 4 rings (SSSR count). The predicted octanol–water partition coefficient (Wildman–Crippen LogP) is 7.65. The summed E-state index contributed by atoms with van der Waals surface area (Å²) in [6.45, 7) is 11.1. The molecular formula is C33H42N2O5SSi. The smallest absolute Gasteiger partial charge is 0.250 e. The van der Waals surface area contributed by atoms with Crippen LogP contribution in [-0.4, -0.2) is 44.3 Å². The molecule has 0 saturated carbocycles. The Kier molecular flexibility index (Phi) is 9.65. The van der Waals surface area contributed by atoms with Crippen LogP contribution in [0.4, 0.5) is 0 Å². The van der Waals surface area contributed by atoms with Gasteiger partial charge in [-0.05, 0) is 54.0 Å². The van der Waals surface area contributed by atoms with E-state index in [1.54, 1.807) is 33.1 Å². The minimum Gasteiger partial charge on any atom is -0.541 e. The standard InChI is InChI=1S/C33H42N2O5SSi/c1-33(2,3)42(8,9)40-30-23(17-20-27(38-6)31(30)39-7)21-26-28(29(36)22-15-18-24(37-5)19-16-22)34-32(35(26)4)41-25-13-11-10-12-14-25/h10-20,29,36H,21H2,1-9H3. The van der Waals surface area contributed by atoms with Crippen LogP contribution in [0.15, 0.2) is 76.8 Å². The molecule has 1 heterocycles. The molecule has 224 valence electrons. The van der Waals surface area contributed by atoms with E-state index in [2.05, 4.69) is 50.6 Å². The van der Waals surface area contributed by atoms with Crippen molar-refractivity contribution in [2.75, 3.05) is 21.3 Å². The molecular weight excluding hydrogens is 565 g/mol. The zero-order valence-corrected chi connectivity index (χ0v) is 27.8. The van der Waals surface area contributed by atoms with E-state index in [1.165, 1.54) is 0 Å². The second-order valence-electron chi connectivity index (χ2n) is 11.7. The van der Waals surface area contributed by atoms with Crippen molar-refractivity contribution in [2.45, 2.75) is 61.5 Å². The number of benzene rings is 3. The average Bonchev–Trinajstić information content (AvgIpc) is 3.27. The largest absolute Gasteiger partial charge is 0.541 e. The van der Waals surface area contributed by atoms with Gasteiger partial charge in [0.05, 0.1) is 27.0 Å². The molecule has 0 saturated heterocycles. The first-order valence-electron chi connectivity index (χ1n) is 13.9. The molecule has 0 aliphatic carbocycles. The molecule has 0 aliphatic heterocycles. The zero-order chi connectivity index (χ0) is 30.7. The van der Waals surface area contributed by atoms with E-state index in [0.717, 1.165) is 32.6 Å². The molecule has 0 aliphatic rings. The summed E-state index contributed by atoms with van der Waals surface area (Å²) in [5, 5.41) is 12.4. The van der Waals surface area contributed by atoms with Crippen molar-refractivity contribution < 1.29 is 23.7 Å². The van der Waals surface area contributed by atoms with Crippen LogP contribution in [-0.2, 0) is 13.5 Å².